The fourth-order valence-corrected chi connectivity index (χ4v) is 4.33. The summed E-state index contributed by atoms with van der Waals surface area (Å²) in [5.41, 5.74) is 0.427. The van der Waals surface area contributed by atoms with Gasteiger partial charge in [0.1, 0.15) is 23.0 Å². The van der Waals surface area contributed by atoms with Crippen LogP contribution in [0.4, 0.5) is 0 Å². The molecule has 0 atom stereocenters. The maximum absolute atomic E-state index is 13.6. The maximum atomic E-state index is 13.6. The quantitative estimate of drug-likeness (QED) is 0.298. The highest BCUT2D eigenvalue weighted by atomic mass is 35.5. The molecule has 0 amide bonds. The van der Waals surface area contributed by atoms with Crippen molar-refractivity contribution < 1.29 is 32.5 Å². The molecule has 184 valence electrons. The van der Waals surface area contributed by atoms with E-state index in [1.807, 2.05) is 6.07 Å². The molecule has 0 fully saturated rings. The van der Waals surface area contributed by atoms with E-state index in [0.717, 1.165) is 0 Å². The Morgan fingerprint density at radius 3 is 1.53 bits per heavy atom. The largest absolute Gasteiger partial charge is 0.872 e. The summed E-state index contributed by atoms with van der Waals surface area (Å²) in [4.78, 5) is 0. The Morgan fingerprint density at radius 1 is 0.750 bits per heavy atom. The van der Waals surface area contributed by atoms with Gasteiger partial charge in [-0.2, -0.15) is 9.83 Å². The lowest BCUT2D eigenvalue weighted by Gasteiger charge is -2.14. The lowest BCUT2D eigenvalue weighted by atomic mass is 10.3. The first-order valence-electron chi connectivity index (χ1n) is 10.5. The van der Waals surface area contributed by atoms with Crippen molar-refractivity contribution in [3.8, 4) is 34.8 Å². The fraction of sp³-hybridized carbons (Fsp3) is 0.0769. The topological polar surface area (TPSA) is 105 Å². The third kappa shape index (κ3) is 7.41. The van der Waals surface area contributed by atoms with Gasteiger partial charge in [0.05, 0.1) is 25.9 Å². The van der Waals surface area contributed by atoms with Crippen LogP contribution >= 0.6 is 19.3 Å². The van der Waals surface area contributed by atoms with E-state index in [1.54, 1.807) is 74.9 Å². The molecule has 0 spiro atoms. The second kappa shape index (κ2) is 12.5. The monoisotopic (exact) mass is 524 g/mol. The van der Waals surface area contributed by atoms with Crippen LogP contribution in [0.25, 0.3) is 0 Å². The van der Waals surface area contributed by atoms with Gasteiger partial charge >= 0.3 is 7.75 Å². The molecule has 0 saturated heterocycles. The highest BCUT2D eigenvalue weighted by molar-refractivity contribution is 7.47. The number of rotatable bonds is 7. The summed E-state index contributed by atoms with van der Waals surface area (Å²) >= 11 is 5.47. The SMILES string of the molecule is COc1ccc(OP(=O)(Oc2ccc(OC)cc2)[n+]2ccc(C#N)cc2)cc1.[O-]c1ccc(Cl)cc1. The van der Waals surface area contributed by atoms with E-state index in [4.69, 9.17) is 35.4 Å². The van der Waals surface area contributed by atoms with Gasteiger partial charge in [0.2, 0.25) is 0 Å². The van der Waals surface area contributed by atoms with Crippen LogP contribution in [-0.4, -0.2) is 14.2 Å². The number of methoxy groups -OCH3 is 2. The van der Waals surface area contributed by atoms with Crippen molar-refractivity contribution in [1.29, 1.82) is 5.26 Å². The number of aromatic nitrogens is 1. The Hall–Kier alpha value is -4.18. The van der Waals surface area contributed by atoms with Gasteiger partial charge in [0.15, 0.2) is 12.4 Å². The molecule has 10 heteroatoms. The molecule has 0 unspecified atom stereocenters. The van der Waals surface area contributed by atoms with Crippen LogP contribution in [0.15, 0.2) is 97.3 Å². The number of halogens is 1. The summed E-state index contributed by atoms with van der Waals surface area (Å²) in [5.74, 6) is 1.96. The predicted molar refractivity (Wildman–Crippen MR) is 132 cm³/mol. The van der Waals surface area contributed by atoms with Crippen molar-refractivity contribution in [2.24, 2.45) is 0 Å². The van der Waals surface area contributed by atoms with E-state index in [9.17, 15) is 9.67 Å². The highest BCUT2D eigenvalue weighted by Gasteiger charge is 2.42. The first-order chi connectivity index (χ1) is 17.3. The minimum absolute atomic E-state index is 0.00519. The van der Waals surface area contributed by atoms with E-state index < -0.39 is 7.75 Å². The number of hydrogen-bond donors (Lipinski definition) is 0. The molecule has 36 heavy (non-hydrogen) atoms. The molecule has 8 nitrogen and oxygen atoms in total. The zero-order valence-corrected chi connectivity index (χ0v) is 21.1. The average Bonchev–Trinajstić information content (AvgIpc) is 2.91. The van der Waals surface area contributed by atoms with Crippen LogP contribution in [0.1, 0.15) is 5.56 Å². The van der Waals surface area contributed by atoms with Crippen LogP contribution in [0.5, 0.6) is 28.7 Å². The molecule has 0 aliphatic carbocycles. The maximum Gasteiger partial charge on any atom is 0.728 e. The smallest absolute Gasteiger partial charge is 0.728 e. The normalized spacial score (nSPS) is 10.3. The van der Waals surface area contributed by atoms with E-state index >= 15 is 0 Å². The number of hydrogen-bond acceptors (Lipinski definition) is 7. The van der Waals surface area contributed by atoms with E-state index in [-0.39, 0.29) is 5.75 Å². The van der Waals surface area contributed by atoms with Crippen molar-refractivity contribution in [1.82, 2.24) is 0 Å². The summed E-state index contributed by atoms with van der Waals surface area (Å²) in [6.07, 6.45) is 2.96. The molecule has 4 rings (SSSR count). The van der Waals surface area contributed by atoms with Crippen LogP contribution in [0.2, 0.25) is 5.02 Å². The molecule has 0 bridgehead atoms. The van der Waals surface area contributed by atoms with Gasteiger partial charge in [-0.25, -0.2) is 0 Å². The summed E-state index contributed by atoms with van der Waals surface area (Å²) in [6.45, 7) is 0. The molecule has 0 saturated carbocycles. The molecule has 0 radical (unpaired) electrons. The second-order valence-corrected chi connectivity index (χ2v) is 9.24. The standard InChI is InChI=1S/C20H18N2O5P.C6H5ClO/c1-24-17-3-7-19(8-4-17)26-28(23,22-13-11-16(15-21)12-14-22)27-20-9-5-18(25-2)6-10-20;7-5-1-3-6(8)4-2-5/h3-14H,1-2H3;1-4,8H/q+1;/p-1. The van der Waals surface area contributed by atoms with Crippen molar-refractivity contribution in [2.75, 3.05) is 14.2 Å². The molecule has 4 aromatic rings. The number of ether oxygens (including phenoxy) is 2. The van der Waals surface area contributed by atoms with Crippen molar-refractivity contribution in [3.05, 3.63) is 108 Å². The summed E-state index contributed by atoms with van der Waals surface area (Å²) in [5, 5.41) is 20.0. The molecule has 1 aromatic heterocycles. The molecule has 0 aliphatic heterocycles. The van der Waals surface area contributed by atoms with Crippen LogP contribution in [0.3, 0.4) is 0 Å². The van der Waals surface area contributed by atoms with Gasteiger partial charge < -0.3 is 23.6 Å². The minimum Gasteiger partial charge on any atom is -0.872 e. The second-order valence-electron chi connectivity index (χ2n) is 7.03. The highest BCUT2D eigenvalue weighted by Crippen LogP contribution is 2.44. The average molecular weight is 525 g/mol. The summed E-state index contributed by atoms with van der Waals surface area (Å²) < 4.78 is 36.7. The Labute approximate surface area is 214 Å². The summed E-state index contributed by atoms with van der Waals surface area (Å²) in [6, 6.07) is 24.4. The fourth-order valence-electron chi connectivity index (χ4n) is 2.74. The first kappa shape index (κ1) is 26.4. The van der Waals surface area contributed by atoms with Crippen LogP contribution < -0.4 is 28.0 Å². The van der Waals surface area contributed by atoms with E-state index in [2.05, 4.69) is 0 Å². The Morgan fingerprint density at radius 2 is 1.17 bits per heavy atom. The van der Waals surface area contributed by atoms with Gasteiger partial charge in [-0.15, -0.1) is 5.75 Å². The Balaban J connectivity index is 0.000000383. The minimum atomic E-state index is -3.87. The summed E-state index contributed by atoms with van der Waals surface area (Å²) in [7, 11) is -0.756. The number of nitriles is 1. The zero-order valence-electron chi connectivity index (χ0n) is 19.4. The zero-order chi connectivity index (χ0) is 26.0. The van der Waals surface area contributed by atoms with E-state index in [1.165, 1.54) is 41.0 Å². The van der Waals surface area contributed by atoms with Crippen LogP contribution in [-0.2, 0) is 4.57 Å². The van der Waals surface area contributed by atoms with Crippen LogP contribution in [0, 0.1) is 11.3 Å². The van der Waals surface area contributed by atoms with Gasteiger partial charge in [-0.3, -0.25) is 0 Å². The van der Waals surface area contributed by atoms with Crippen molar-refractivity contribution >= 4 is 19.3 Å². The molecular weight excluding hydrogens is 503 g/mol. The Kier molecular flexibility index (Phi) is 9.18. The van der Waals surface area contributed by atoms with Crippen molar-refractivity contribution in [3.63, 3.8) is 0 Å². The molecule has 0 aliphatic rings. The van der Waals surface area contributed by atoms with Gasteiger partial charge in [-0.05, 0) is 60.7 Å². The van der Waals surface area contributed by atoms with Gasteiger partial charge in [0, 0.05) is 17.2 Å². The van der Waals surface area contributed by atoms with Gasteiger partial charge in [-0.1, -0.05) is 28.1 Å². The molecule has 3 aromatic carbocycles. The third-order valence-corrected chi connectivity index (χ3v) is 6.57. The number of benzene rings is 3. The number of pyridine rings is 1. The third-order valence-electron chi connectivity index (χ3n) is 4.60. The number of nitrogens with zero attached hydrogens (tertiary/aromatic N) is 2. The van der Waals surface area contributed by atoms with E-state index in [0.29, 0.717) is 33.6 Å². The molecule has 1 heterocycles. The molecule has 0 N–H and O–H groups in total. The van der Waals surface area contributed by atoms with Crippen molar-refractivity contribution in [2.45, 2.75) is 0 Å². The first-order valence-corrected chi connectivity index (χ1v) is 12.3. The molecular formula is C26H22ClN2O6P. The lowest BCUT2D eigenvalue weighted by molar-refractivity contribution is -0.536. The Bertz CT molecular complexity index is 1270. The lowest BCUT2D eigenvalue weighted by Crippen LogP contribution is -2.35. The van der Waals surface area contributed by atoms with Gasteiger partial charge in [0.25, 0.3) is 0 Å². The predicted octanol–water partition coefficient (Wildman–Crippen LogP) is 5.39.